The lowest BCUT2D eigenvalue weighted by atomic mass is 9.94. The summed E-state index contributed by atoms with van der Waals surface area (Å²) in [4.78, 5) is 44.6. The molecule has 0 amide bonds. The Labute approximate surface area is 282 Å². The van der Waals surface area contributed by atoms with Gasteiger partial charge < -0.3 is 28.8 Å². The second-order valence-corrected chi connectivity index (χ2v) is 12.0. The van der Waals surface area contributed by atoms with Crippen LogP contribution in [0, 0.1) is 0 Å². The van der Waals surface area contributed by atoms with E-state index in [0.717, 1.165) is 0 Å². The van der Waals surface area contributed by atoms with Gasteiger partial charge >= 0.3 is 17.9 Å². The van der Waals surface area contributed by atoms with Crippen LogP contribution in [0.3, 0.4) is 0 Å². The smallest absolute Gasteiger partial charge is 0.338 e. The SMILES string of the molecule is CCS[C@@H]1O[C@H](COC(=O)c2ccccc2)[C@@H](OC(=O)c2ccccc2)[C@H](OC(=O)c2ccccc2)[C@]1(O)/N=C/c1ccc(OC)cc1. The lowest BCUT2D eigenvalue weighted by molar-refractivity contribution is -0.246. The van der Waals surface area contributed by atoms with E-state index in [1.165, 1.54) is 18.0 Å². The minimum atomic E-state index is -2.27. The van der Waals surface area contributed by atoms with E-state index in [1.54, 1.807) is 122 Å². The second-order valence-electron chi connectivity index (χ2n) is 10.7. The van der Waals surface area contributed by atoms with Crippen molar-refractivity contribution in [2.75, 3.05) is 19.5 Å². The Bertz CT molecular complexity index is 1690. The molecule has 1 saturated heterocycles. The maximum Gasteiger partial charge on any atom is 0.338 e. The zero-order chi connectivity index (χ0) is 33.9. The molecule has 10 nitrogen and oxygen atoms in total. The summed E-state index contributed by atoms with van der Waals surface area (Å²) in [5.74, 6) is -1.10. The minimum Gasteiger partial charge on any atom is -0.497 e. The van der Waals surface area contributed by atoms with Crippen molar-refractivity contribution in [2.24, 2.45) is 4.99 Å². The van der Waals surface area contributed by atoms with Gasteiger partial charge in [0.15, 0.2) is 17.6 Å². The number of ether oxygens (including phenoxy) is 5. The first kappa shape index (κ1) is 34.4. The van der Waals surface area contributed by atoms with Gasteiger partial charge in [0.1, 0.15) is 18.5 Å². The van der Waals surface area contributed by atoms with Gasteiger partial charge in [-0.1, -0.05) is 61.5 Å². The molecule has 248 valence electrons. The van der Waals surface area contributed by atoms with Crippen LogP contribution in [0.25, 0.3) is 0 Å². The summed E-state index contributed by atoms with van der Waals surface area (Å²) < 4.78 is 29.3. The first-order valence-corrected chi connectivity index (χ1v) is 16.3. The lowest BCUT2D eigenvalue weighted by Crippen LogP contribution is -2.67. The van der Waals surface area contributed by atoms with Gasteiger partial charge in [0, 0.05) is 6.21 Å². The van der Waals surface area contributed by atoms with Gasteiger partial charge in [-0.05, 0) is 72.0 Å². The van der Waals surface area contributed by atoms with Crippen LogP contribution in [0.5, 0.6) is 5.75 Å². The Morgan fingerprint density at radius 1 is 0.792 bits per heavy atom. The van der Waals surface area contributed by atoms with Crippen LogP contribution < -0.4 is 4.74 Å². The van der Waals surface area contributed by atoms with Gasteiger partial charge in [-0.25, -0.2) is 14.4 Å². The highest BCUT2D eigenvalue weighted by Gasteiger charge is 2.60. The topological polar surface area (TPSA) is 130 Å². The molecule has 0 aromatic heterocycles. The largest absolute Gasteiger partial charge is 0.497 e. The third-order valence-corrected chi connectivity index (χ3v) is 8.56. The summed E-state index contributed by atoms with van der Waals surface area (Å²) in [6.07, 6.45) is -2.83. The fraction of sp³-hybridized carbons (Fsp3) is 0.243. The molecule has 0 unspecified atom stereocenters. The number of aliphatic imine (C=N–C) groups is 1. The van der Waals surface area contributed by atoms with E-state index < -0.39 is 47.4 Å². The summed E-state index contributed by atoms with van der Waals surface area (Å²) >= 11 is 1.20. The van der Waals surface area contributed by atoms with Crippen LogP contribution in [-0.2, 0) is 18.9 Å². The highest BCUT2D eigenvalue weighted by molar-refractivity contribution is 7.99. The fourth-order valence-corrected chi connectivity index (χ4v) is 5.95. The zero-order valence-corrected chi connectivity index (χ0v) is 27.2. The van der Waals surface area contributed by atoms with Crippen molar-refractivity contribution in [3.05, 3.63) is 138 Å². The van der Waals surface area contributed by atoms with Gasteiger partial charge in [-0.15, -0.1) is 11.8 Å². The molecular formula is C37H35NO9S. The van der Waals surface area contributed by atoms with Gasteiger partial charge in [0.2, 0.25) is 5.72 Å². The van der Waals surface area contributed by atoms with Crippen LogP contribution in [-0.4, -0.2) is 78.2 Å². The molecule has 1 aliphatic rings. The van der Waals surface area contributed by atoms with Gasteiger partial charge in [-0.3, -0.25) is 4.99 Å². The van der Waals surface area contributed by atoms with Crippen LogP contribution in [0.15, 0.2) is 120 Å². The summed E-state index contributed by atoms with van der Waals surface area (Å²) in [5.41, 5.74) is -2.09. The van der Waals surface area contributed by atoms with Crippen molar-refractivity contribution in [2.45, 2.75) is 36.4 Å². The van der Waals surface area contributed by atoms with Crippen LogP contribution in [0.1, 0.15) is 43.6 Å². The van der Waals surface area contributed by atoms with E-state index in [1.807, 2.05) is 6.92 Å². The number of hydrogen-bond donors (Lipinski definition) is 1. The molecule has 5 rings (SSSR count). The Morgan fingerprint density at radius 2 is 1.31 bits per heavy atom. The second kappa shape index (κ2) is 16.2. The molecule has 0 radical (unpaired) electrons. The Kier molecular flexibility index (Phi) is 11.6. The zero-order valence-electron chi connectivity index (χ0n) is 26.3. The molecule has 48 heavy (non-hydrogen) atoms. The number of aliphatic hydroxyl groups is 1. The Balaban J connectivity index is 1.56. The molecule has 11 heteroatoms. The molecule has 0 aliphatic carbocycles. The number of carbonyl (C=O) groups is 3. The van der Waals surface area contributed by atoms with Crippen molar-refractivity contribution < 1.29 is 43.2 Å². The summed E-state index contributed by atoms with van der Waals surface area (Å²) in [6, 6.07) is 31.7. The summed E-state index contributed by atoms with van der Waals surface area (Å²) in [7, 11) is 1.55. The van der Waals surface area contributed by atoms with Crippen molar-refractivity contribution in [3.63, 3.8) is 0 Å². The molecule has 4 aromatic carbocycles. The molecule has 5 atom stereocenters. The molecular weight excluding hydrogens is 634 g/mol. The van der Waals surface area contributed by atoms with Crippen LogP contribution >= 0.6 is 11.8 Å². The van der Waals surface area contributed by atoms with E-state index in [9.17, 15) is 19.5 Å². The third kappa shape index (κ3) is 8.29. The molecule has 1 heterocycles. The average molecular weight is 670 g/mol. The van der Waals surface area contributed by atoms with Crippen molar-refractivity contribution in [1.82, 2.24) is 0 Å². The van der Waals surface area contributed by atoms with E-state index in [2.05, 4.69) is 4.99 Å². The first-order valence-electron chi connectivity index (χ1n) is 15.2. The number of hydrogen-bond acceptors (Lipinski definition) is 11. The quantitative estimate of drug-likeness (QED) is 0.116. The van der Waals surface area contributed by atoms with E-state index >= 15 is 0 Å². The Morgan fingerprint density at radius 3 is 1.83 bits per heavy atom. The number of benzene rings is 4. The standard InChI is InChI=1S/C37H35NO9S/c1-3-48-36-37(42,38-23-25-19-21-29(43-2)22-20-25)32(47-35(41)28-17-11-6-12-18-28)31(46-34(40)27-15-9-5-10-16-27)30(45-36)24-44-33(39)26-13-7-4-8-14-26/h4-23,30-32,36,42H,3,24H2,1-2H3/b38-23+/t30-,31-,32+,36+,37-/m1/s1. The molecule has 0 bridgehead atoms. The Hall–Kier alpha value is -4.97. The summed E-state index contributed by atoms with van der Waals surface area (Å²) in [6.45, 7) is 1.47. The fourth-order valence-electron chi connectivity index (χ4n) is 4.99. The predicted molar refractivity (Wildman–Crippen MR) is 180 cm³/mol. The number of nitrogens with zero attached hydrogens (tertiary/aromatic N) is 1. The minimum absolute atomic E-state index is 0.199. The predicted octanol–water partition coefficient (Wildman–Crippen LogP) is 5.59. The molecule has 0 saturated carbocycles. The maximum atomic E-state index is 13.6. The number of esters is 3. The van der Waals surface area contributed by atoms with E-state index in [0.29, 0.717) is 22.6 Å². The maximum absolute atomic E-state index is 13.6. The van der Waals surface area contributed by atoms with E-state index in [-0.39, 0.29) is 17.7 Å². The van der Waals surface area contributed by atoms with Crippen molar-refractivity contribution in [1.29, 1.82) is 0 Å². The monoisotopic (exact) mass is 669 g/mol. The van der Waals surface area contributed by atoms with Crippen molar-refractivity contribution >= 4 is 35.9 Å². The molecule has 1 aliphatic heterocycles. The van der Waals surface area contributed by atoms with Crippen LogP contribution in [0.2, 0.25) is 0 Å². The third-order valence-electron chi connectivity index (χ3n) is 7.47. The van der Waals surface area contributed by atoms with Gasteiger partial charge in [0.25, 0.3) is 0 Å². The summed E-state index contributed by atoms with van der Waals surface area (Å²) in [5, 5.41) is 12.5. The highest BCUT2D eigenvalue weighted by Crippen LogP contribution is 2.41. The molecule has 0 spiro atoms. The lowest BCUT2D eigenvalue weighted by Gasteiger charge is -2.48. The highest BCUT2D eigenvalue weighted by atomic mass is 32.2. The first-order chi connectivity index (χ1) is 23.3. The molecule has 1 fully saturated rings. The van der Waals surface area contributed by atoms with E-state index in [4.69, 9.17) is 23.7 Å². The number of methoxy groups -OCH3 is 1. The number of rotatable bonds is 12. The van der Waals surface area contributed by atoms with Crippen molar-refractivity contribution in [3.8, 4) is 5.75 Å². The molecule has 1 N–H and O–H groups in total. The van der Waals surface area contributed by atoms with Gasteiger partial charge in [0.05, 0.1) is 23.8 Å². The molecule has 4 aromatic rings. The normalized spacial score (nSPS) is 22.1. The average Bonchev–Trinajstić information content (AvgIpc) is 3.14. The number of carbonyl (C=O) groups excluding carboxylic acids is 3. The van der Waals surface area contributed by atoms with Crippen LogP contribution in [0.4, 0.5) is 0 Å². The number of thioether (sulfide) groups is 1. The van der Waals surface area contributed by atoms with Gasteiger partial charge in [-0.2, -0.15) is 0 Å².